The van der Waals surface area contributed by atoms with Crippen molar-refractivity contribution in [3.05, 3.63) is 27.3 Å². The summed E-state index contributed by atoms with van der Waals surface area (Å²) in [6.07, 6.45) is 5.32. The lowest BCUT2D eigenvalue weighted by Gasteiger charge is -2.16. The van der Waals surface area contributed by atoms with E-state index in [0.717, 1.165) is 0 Å². The lowest BCUT2D eigenvalue weighted by molar-refractivity contribution is 0.753. The number of nitrogens with one attached hydrogen (secondary N) is 1. The van der Waals surface area contributed by atoms with Gasteiger partial charge in [0.2, 0.25) is 0 Å². The molecule has 1 aliphatic carbocycles. The Balaban J connectivity index is 2.14. The minimum Gasteiger partial charge on any atom is -0.382 e. The van der Waals surface area contributed by atoms with E-state index in [2.05, 4.69) is 46.1 Å². The molecule has 3 N–H and O–H groups in total. The zero-order valence-corrected chi connectivity index (χ0v) is 11.0. The summed E-state index contributed by atoms with van der Waals surface area (Å²) >= 11 is 2.34. The van der Waals surface area contributed by atoms with Gasteiger partial charge in [0.25, 0.3) is 0 Å². The summed E-state index contributed by atoms with van der Waals surface area (Å²) in [5.41, 5.74) is 8.19. The van der Waals surface area contributed by atoms with Crippen LogP contribution in [0.5, 0.6) is 0 Å². The highest BCUT2D eigenvalue weighted by molar-refractivity contribution is 14.1. The molecule has 0 amide bonds. The number of anilines is 1. The largest absolute Gasteiger partial charge is 0.382 e. The molecule has 2 rings (SSSR count). The Hall–Kier alpha value is -0.290. The van der Waals surface area contributed by atoms with Gasteiger partial charge in [-0.3, -0.25) is 0 Å². The molecule has 0 heterocycles. The second kappa shape index (κ2) is 5.16. The van der Waals surface area contributed by atoms with Crippen LogP contribution < -0.4 is 11.1 Å². The van der Waals surface area contributed by atoms with Crippen molar-refractivity contribution in [3.63, 3.8) is 0 Å². The average Bonchev–Trinajstić information content (AvgIpc) is 2.71. The summed E-state index contributed by atoms with van der Waals surface area (Å²) in [5, 5.41) is 3.62. The van der Waals surface area contributed by atoms with Gasteiger partial charge in [0.15, 0.2) is 0 Å². The van der Waals surface area contributed by atoms with Gasteiger partial charge in [-0.25, -0.2) is 0 Å². The quantitative estimate of drug-likeness (QED) is 0.841. The first-order chi connectivity index (χ1) is 7.29. The van der Waals surface area contributed by atoms with Crippen LogP contribution in [0.4, 0.5) is 5.69 Å². The second-order valence-electron chi connectivity index (χ2n) is 4.13. The van der Waals surface area contributed by atoms with E-state index in [9.17, 15) is 0 Å². The number of hydrogen-bond acceptors (Lipinski definition) is 2. The minimum absolute atomic E-state index is 0.617. The van der Waals surface area contributed by atoms with Crippen molar-refractivity contribution < 1.29 is 0 Å². The van der Waals surface area contributed by atoms with Crippen LogP contribution >= 0.6 is 22.6 Å². The molecule has 82 valence electrons. The van der Waals surface area contributed by atoms with Crippen LogP contribution in [0.25, 0.3) is 0 Å². The van der Waals surface area contributed by atoms with Crippen molar-refractivity contribution >= 4 is 28.3 Å². The van der Waals surface area contributed by atoms with Gasteiger partial charge >= 0.3 is 0 Å². The van der Waals surface area contributed by atoms with Gasteiger partial charge in [0, 0.05) is 21.8 Å². The van der Waals surface area contributed by atoms with Gasteiger partial charge < -0.3 is 11.1 Å². The lowest BCUT2D eigenvalue weighted by Crippen LogP contribution is -2.16. The highest BCUT2D eigenvalue weighted by Gasteiger charge is 2.15. The highest BCUT2D eigenvalue weighted by Crippen LogP contribution is 2.25. The Morgan fingerprint density at radius 1 is 1.33 bits per heavy atom. The third kappa shape index (κ3) is 2.84. The molecule has 0 bridgehead atoms. The molecule has 2 nitrogen and oxygen atoms in total. The Labute approximate surface area is 105 Å². The molecular weight excluding hydrogens is 299 g/mol. The van der Waals surface area contributed by atoms with Crippen LogP contribution in [0.1, 0.15) is 31.2 Å². The van der Waals surface area contributed by atoms with Crippen molar-refractivity contribution in [3.8, 4) is 0 Å². The fourth-order valence-corrected chi connectivity index (χ4v) is 2.64. The van der Waals surface area contributed by atoms with E-state index in [-0.39, 0.29) is 0 Å². The molecule has 0 saturated heterocycles. The molecule has 0 radical (unpaired) electrons. The van der Waals surface area contributed by atoms with E-state index >= 15 is 0 Å². The van der Waals surface area contributed by atoms with Crippen LogP contribution in [0.2, 0.25) is 0 Å². The predicted octanol–water partition coefficient (Wildman–Crippen LogP) is 3.10. The molecule has 1 aliphatic rings. The summed E-state index contributed by atoms with van der Waals surface area (Å²) < 4.78 is 1.27. The molecule has 0 aromatic heterocycles. The zero-order chi connectivity index (χ0) is 10.7. The van der Waals surface area contributed by atoms with Crippen molar-refractivity contribution in [2.75, 3.05) is 5.32 Å². The molecule has 1 aromatic rings. The van der Waals surface area contributed by atoms with Crippen LogP contribution in [-0.4, -0.2) is 6.04 Å². The zero-order valence-electron chi connectivity index (χ0n) is 8.80. The smallest absolute Gasteiger partial charge is 0.0398 e. The van der Waals surface area contributed by atoms with Crippen molar-refractivity contribution in [1.29, 1.82) is 0 Å². The average molecular weight is 316 g/mol. The fraction of sp³-hybridized carbons (Fsp3) is 0.500. The standard InChI is InChI=1S/C12H17IN2/c13-10-6-5-9(8-14)12(7-10)15-11-3-1-2-4-11/h5-7,11,15H,1-4,8,14H2. The predicted molar refractivity (Wildman–Crippen MR) is 72.9 cm³/mol. The molecule has 0 spiro atoms. The van der Waals surface area contributed by atoms with E-state index in [1.807, 2.05) is 0 Å². The summed E-state index contributed by atoms with van der Waals surface area (Å²) in [6.45, 7) is 0.617. The maximum absolute atomic E-state index is 5.73. The van der Waals surface area contributed by atoms with Gasteiger partial charge in [0.1, 0.15) is 0 Å². The second-order valence-corrected chi connectivity index (χ2v) is 5.38. The third-order valence-electron chi connectivity index (χ3n) is 3.01. The van der Waals surface area contributed by atoms with Gasteiger partial charge in [-0.1, -0.05) is 18.9 Å². The maximum atomic E-state index is 5.73. The number of hydrogen-bond donors (Lipinski definition) is 2. The van der Waals surface area contributed by atoms with Gasteiger partial charge in [-0.05, 0) is 53.1 Å². The van der Waals surface area contributed by atoms with Crippen molar-refractivity contribution in [1.82, 2.24) is 0 Å². The molecule has 1 saturated carbocycles. The third-order valence-corrected chi connectivity index (χ3v) is 3.68. The summed E-state index contributed by atoms with van der Waals surface area (Å²) in [5.74, 6) is 0. The molecule has 1 fully saturated rings. The van der Waals surface area contributed by atoms with Gasteiger partial charge in [-0.15, -0.1) is 0 Å². The van der Waals surface area contributed by atoms with Gasteiger partial charge in [0.05, 0.1) is 0 Å². The lowest BCUT2D eigenvalue weighted by atomic mass is 10.1. The van der Waals surface area contributed by atoms with Crippen LogP contribution in [0.3, 0.4) is 0 Å². The number of halogens is 1. The maximum Gasteiger partial charge on any atom is 0.0398 e. The summed E-state index contributed by atoms with van der Waals surface area (Å²) in [6, 6.07) is 7.09. The molecule has 0 unspecified atom stereocenters. The SMILES string of the molecule is NCc1ccc(I)cc1NC1CCCC1. The van der Waals surface area contributed by atoms with Crippen LogP contribution in [0.15, 0.2) is 18.2 Å². The van der Waals surface area contributed by atoms with E-state index in [1.54, 1.807) is 0 Å². The summed E-state index contributed by atoms with van der Waals surface area (Å²) in [7, 11) is 0. The van der Waals surface area contributed by atoms with Crippen molar-refractivity contribution in [2.45, 2.75) is 38.3 Å². The molecule has 1 aromatic carbocycles. The molecular formula is C12H17IN2. The molecule has 3 heteroatoms. The first-order valence-electron chi connectivity index (χ1n) is 5.54. The fourth-order valence-electron chi connectivity index (χ4n) is 2.15. The first-order valence-corrected chi connectivity index (χ1v) is 6.62. The van der Waals surface area contributed by atoms with Crippen LogP contribution in [0, 0.1) is 3.57 Å². The highest BCUT2D eigenvalue weighted by atomic mass is 127. The van der Waals surface area contributed by atoms with Crippen LogP contribution in [-0.2, 0) is 6.54 Å². The molecule has 0 atom stereocenters. The molecule has 0 aliphatic heterocycles. The normalized spacial score (nSPS) is 16.9. The number of nitrogens with two attached hydrogens (primary N) is 1. The number of rotatable bonds is 3. The monoisotopic (exact) mass is 316 g/mol. The Morgan fingerprint density at radius 2 is 2.07 bits per heavy atom. The first kappa shape index (κ1) is 11.2. The Kier molecular flexibility index (Phi) is 3.86. The summed E-state index contributed by atoms with van der Waals surface area (Å²) in [4.78, 5) is 0. The molecule has 15 heavy (non-hydrogen) atoms. The van der Waals surface area contributed by atoms with E-state index in [4.69, 9.17) is 5.73 Å². The topological polar surface area (TPSA) is 38.0 Å². The van der Waals surface area contributed by atoms with Crippen molar-refractivity contribution in [2.24, 2.45) is 5.73 Å². The van der Waals surface area contributed by atoms with E-state index in [0.29, 0.717) is 12.6 Å². The Bertz CT molecular complexity index is 332. The van der Waals surface area contributed by atoms with E-state index < -0.39 is 0 Å². The minimum atomic E-state index is 0.617. The number of benzene rings is 1. The Morgan fingerprint density at radius 3 is 2.73 bits per heavy atom. The van der Waals surface area contributed by atoms with Gasteiger partial charge in [-0.2, -0.15) is 0 Å². The van der Waals surface area contributed by atoms with E-state index in [1.165, 1.54) is 40.5 Å².